The molecule has 0 amide bonds. The Bertz CT molecular complexity index is 239. The van der Waals surface area contributed by atoms with Crippen LogP contribution in [0, 0.1) is 11.8 Å². The largest absolute Gasteiger partial charge is 0.300 e. The number of Topliss-reactive ketones (excluding diaryl/α,β-unsaturated/α-hetero) is 1. The summed E-state index contributed by atoms with van der Waals surface area (Å²) >= 11 is 0. The molecule has 2 fully saturated rings. The topological polar surface area (TPSA) is 20.3 Å². The van der Waals surface area contributed by atoms with Gasteiger partial charge in [0, 0.05) is 31.5 Å². The van der Waals surface area contributed by atoms with Crippen LogP contribution in [0.1, 0.15) is 46.0 Å². The van der Waals surface area contributed by atoms with Crippen LogP contribution < -0.4 is 0 Å². The van der Waals surface area contributed by atoms with E-state index in [0.29, 0.717) is 17.7 Å². The smallest absolute Gasteiger partial charge is 0.137 e. The highest BCUT2D eigenvalue weighted by Gasteiger charge is 2.31. The third-order valence-corrected chi connectivity index (χ3v) is 4.05. The third kappa shape index (κ3) is 2.60. The van der Waals surface area contributed by atoms with Gasteiger partial charge in [-0.15, -0.1) is 0 Å². The molecule has 3 unspecified atom stereocenters. The summed E-state index contributed by atoms with van der Waals surface area (Å²) in [6, 6.07) is 0.690. The molecule has 86 valence electrons. The fourth-order valence-electron chi connectivity index (χ4n) is 3.17. The maximum Gasteiger partial charge on any atom is 0.137 e. The van der Waals surface area contributed by atoms with Crippen LogP contribution in [-0.4, -0.2) is 29.8 Å². The molecule has 2 aliphatic rings. The summed E-state index contributed by atoms with van der Waals surface area (Å²) in [6.07, 6.45) is 5.66. The summed E-state index contributed by atoms with van der Waals surface area (Å²) in [7, 11) is 0. The number of carbonyl (C=O) groups is 1. The molecule has 1 saturated heterocycles. The summed E-state index contributed by atoms with van der Waals surface area (Å²) in [6.45, 7) is 6.85. The summed E-state index contributed by atoms with van der Waals surface area (Å²) in [5, 5.41) is 0. The molecule has 1 aliphatic heterocycles. The lowest BCUT2D eigenvalue weighted by Crippen LogP contribution is -2.36. The first-order valence-electron chi connectivity index (χ1n) is 6.43. The Morgan fingerprint density at radius 3 is 2.73 bits per heavy atom. The number of rotatable bonds is 2. The summed E-state index contributed by atoms with van der Waals surface area (Å²) in [5.41, 5.74) is 0. The second kappa shape index (κ2) is 4.65. The number of carbonyl (C=O) groups excluding carboxylic acids is 1. The van der Waals surface area contributed by atoms with Crippen LogP contribution in [0.3, 0.4) is 0 Å². The molecule has 15 heavy (non-hydrogen) atoms. The van der Waals surface area contributed by atoms with Crippen molar-refractivity contribution in [3.8, 4) is 0 Å². The van der Waals surface area contributed by atoms with Gasteiger partial charge >= 0.3 is 0 Å². The minimum Gasteiger partial charge on any atom is -0.300 e. The van der Waals surface area contributed by atoms with Crippen molar-refractivity contribution in [2.45, 2.75) is 52.0 Å². The lowest BCUT2D eigenvalue weighted by Gasteiger charge is -2.28. The van der Waals surface area contributed by atoms with Crippen molar-refractivity contribution in [3.63, 3.8) is 0 Å². The van der Waals surface area contributed by atoms with E-state index in [9.17, 15) is 4.79 Å². The summed E-state index contributed by atoms with van der Waals surface area (Å²) < 4.78 is 0. The minimum atomic E-state index is 0.353. The van der Waals surface area contributed by atoms with Gasteiger partial charge in [0.2, 0.25) is 0 Å². The molecule has 0 N–H and O–H groups in total. The maximum atomic E-state index is 11.7. The second-order valence-electron chi connectivity index (χ2n) is 5.55. The molecule has 3 atom stereocenters. The summed E-state index contributed by atoms with van der Waals surface area (Å²) in [4.78, 5) is 14.3. The van der Waals surface area contributed by atoms with Gasteiger partial charge < -0.3 is 0 Å². The van der Waals surface area contributed by atoms with Crippen LogP contribution in [0.5, 0.6) is 0 Å². The lowest BCUT2D eigenvalue weighted by atomic mass is 9.87. The second-order valence-corrected chi connectivity index (χ2v) is 5.55. The fraction of sp³-hybridized carbons (Fsp3) is 0.923. The quantitative estimate of drug-likeness (QED) is 0.696. The van der Waals surface area contributed by atoms with Crippen LogP contribution in [-0.2, 0) is 4.79 Å². The molecule has 2 nitrogen and oxygen atoms in total. The van der Waals surface area contributed by atoms with Gasteiger partial charge in [0.25, 0.3) is 0 Å². The van der Waals surface area contributed by atoms with Crippen LogP contribution >= 0.6 is 0 Å². The molecule has 0 radical (unpaired) electrons. The van der Waals surface area contributed by atoms with Crippen molar-refractivity contribution in [1.29, 1.82) is 0 Å². The Hall–Kier alpha value is -0.370. The van der Waals surface area contributed by atoms with Crippen LogP contribution in [0.2, 0.25) is 0 Å². The van der Waals surface area contributed by atoms with Gasteiger partial charge in [-0.1, -0.05) is 13.3 Å². The zero-order chi connectivity index (χ0) is 10.8. The zero-order valence-corrected chi connectivity index (χ0v) is 10.0. The van der Waals surface area contributed by atoms with E-state index < -0.39 is 0 Å². The monoisotopic (exact) mass is 209 g/mol. The lowest BCUT2D eigenvalue weighted by molar-refractivity contribution is -0.125. The van der Waals surface area contributed by atoms with E-state index in [1.165, 1.54) is 19.4 Å². The number of hydrogen-bond donors (Lipinski definition) is 0. The molecule has 0 spiro atoms. The third-order valence-electron chi connectivity index (χ3n) is 4.05. The van der Waals surface area contributed by atoms with Crippen molar-refractivity contribution in [2.75, 3.05) is 13.1 Å². The molecular formula is C13H23NO. The van der Waals surface area contributed by atoms with Crippen LogP contribution in [0.25, 0.3) is 0 Å². The molecular weight excluding hydrogens is 186 g/mol. The van der Waals surface area contributed by atoms with E-state index in [0.717, 1.165) is 31.7 Å². The van der Waals surface area contributed by atoms with E-state index >= 15 is 0 Å². The zero-order valence-electron chi connectivity index (χ0n) is 10.0. The van der Waals surface area contributed by atoms with Gasteiger partial charge in [-0.05, 0) is 32.1 Å². The molecule has 1 heterocycles. The first-order valence-corrected chi connectivity index (χ1v) is 6.43. The van der Waals surface area contributed by atoms with Crippen molar-refractivity contribution >= 4 is 5.78 Å². The molecule has 0 aromatic carbocycles. The van der Waals surface area contributed by atoms with Crippen molar-refractivity contribution in [2.24, 2.45) is 11.8 Å². The highest BCUT2D eigenvalue weighted by atomic mass is 16.1. The predicted octanol–water partition coefficient (Wildman–Crippen LogP) is 2.48. The Balaban J connectivity index is 1.87. The Labute approximate surface area is 93.0 Å². The van der Waals surface area contributed by atoms with Gasteiger partial charge in [0.1, 0.15) is 5.78 Å². The summed E-state index contributed by atoms with van der Waals surface area (Å²) in [5.74, 6) is 1.69. The van der Waals surface area contributed by atoms with Crippen molar-refractivity contribution < 1.29 is 4.79 Å². The van der Waals surface area contributed by atoms with Gasteiger partial charge in [0.05, 0.1) is 0 Å². The maximum absolute atomic E-state index is 11.7. The predicted molar refractivity (Wildman–Crippen MR) is 61.8 cm³/mol. The highest BCUT2D eigenvalue weighted by Crippen LogP contribution is 2.27. The van der Waals surface area contributed by atoms with E-state index in [-0.39, 0.29) is 0 Å². The first-order chi connectivity index (χ1) is 7.16. The van der Waals surface area contributed by atoms with Gasteiger partial charge in [-0.3, -0.25) is 9.69 Å². The van der Waals surface area contributed by atoms with Crippen molar-refractivity contribution in [1.82, 2.24) is 4.90 Å². The highest BCUT2D eigenvalue weighted by molar-refractivity contribution is 5.81. The number of ketones is 1. The molecule has 0 aromatic rings. The molecule has 1 aliphatic carbocycles. The Kier molecular flexibility index (Phi) is 3.45. The molecule has 2 heteroatoms. The van der Waals surface area contributed by atoms with E-state index in [4.69, 9.17) is 0 Å². The Morgan fingerprint density at radius 2 is 2.13 bits per heavy atom. The van der Waals surface area contributed by atoms with Crippen LogP contribution in [0.15, 0.2) is 0 Å². The van der Waals surface area contributed by atoms with E-state index in [2.05, 4.69) is 18.7 Å². The van der Waals surface area contributed by atoms with Gasteiger partial charge in [-0.2, -0.15) is 0 Å². The SMILES string of the molecule is CC1CC(C)N(CC2CCCCC2=O)C1. The van der Waals surface area contributed by atoms with Crippen LogP contribution in [0.4, 0.5) is 0 Å². The molecule has 2 rings (SSSR count). The molecule has 0 bridgehead atoms. The van der Waals surface area contributed by atoms with E-state index in [1.54, 1.807) is 0 Å². The average Bonchev–Trinajstić information content (AvgIpc) is 2.49. The number of nitrogens with zero attached hydrogens (tertiary/aromatic N) is 1. The minimum absolute atomic E-state index is 0.353. The number of hydrogen-bond acceptors (Lipinski definition) is 2. The first kappa shape index (κ1) is 11.1. The number of likely N-dealkylation sites (tertiary alicyclic amines) is 1. The average molecular weight is 209 g/mol. The fourth-order valence-corrected chi connectivity index (χ4v) is 3.17. The van der Waals surface area contributed by atoms with E-state index in [1.807, 2.05) is 0 Å². The van der Waals surface area contributed by atoms with Crippen molar-refractivity contribution in [3.05, 3.63) is 0 Å². The van der Waals surface area contributed by atoms with Gasteiger partial charge in [0.15, 0.2) is 0 Å². The van der Waals surface area contributed by atoms with Gasteiger partial charge in [-0.25, -0.2) is 0 Å². The Morgan fingerprint density at radius 1 is 1.33 bits per heavy atom. The molecule has 0 aromatic heterocycles. The standard InChI is InChI=1S/C13H23NO/c1-10-7-11(2)14(8-10)9-12-5-3-4-6-13(12)15/h10-12H,3-9H2,1-2H3. The normalized spacial score (nSPS) is 38.5. The molecule has 1 saturated carbocycles.